The van der Waals surface area contributed by atoms with E-state index in [1.165, 1.54) is 7.11 Å². The zero-order valence-electron chi connectivity index (χ0n) is 9.09. The highest BCUT2D eigenvalue weighted by molar-refractivity contribution is 5.94. The molecule has 0 saturated carbocycles. The highest BCUT2D eigenvalue weighted by atomic mass is 16.5. The predicted octanol–water partition coefficient (Wildman–Crippen LogP) is 0.297. The second kappa shape index (κ2) is 4.49. The standard InChI is InChI=1S/C11H14N2O3/c1-16-10-6-8(2-4-12-10)11(15)13-5-3-9(14)7-13/h2,4,6,9,14H,3,5,7H2,1H3/t9-/m0/s1. The number of hydrogen-bond acceptors (Lipinski definition) is 4. The molecule has 1 atom stereocenters. The van der Waals surface area contributed by atoms with E-state index < -0.39 is 6.10 Å². The monoisotopic (exact) mass is 222 g/mol. The van der Waals surface area contributed by atoms with Gasteiger partial charge < -0.3 is 14.7 Å². The van der Waals surface area contributed by atoms with Crippen molar-refractivity contribution in [3.8, 4) is 5.88 Å². The van der Waals surface area contributed by atoms with Crippen LogP contribution >= 0.6 is 0 Å². The molecule has 1 N–H and O–H groups in total. The van der Waals surface area contributed by atoms with Crippen LogP contribution in [0, 0.1) is 0 Å². The summed E-state index contributed by atoms with van der Waals surface area (Å²) in [5, 5.41) is 9.37. The van der Waals surface area contributed by atoms with E-state index in [0.717, 1.165) is 0 Å². The minimum absolute atomic E-state index is 0.0859. The summed E-state index contributed by atoms with van der Waals surface area (Å²) in [6, 6.07) is 3.25. The SMILES string of the molecule is COc1cc(C(=O)N2CC[C@H](O)C2)ccn1. The van der Waals surface area contributed by atoms with E-state index in [1.54, 1.807) is 23.2 Å². The molecule has 5 heteroatoms. The summed E-state index contributed by atoms with van der Waals surface area (Å²) < 4.78 is 4.96. The first-order valence-electron chi connectivity index (χ1n) is 5.18. The van der Waals surface area contributed by atoms with Crippen LogP contribution in [0.15, 0.2) is 18.3 Å². The van der Waals surface area contributed by atoms with Crippen LogP contribution < -0.4 is 4.74 Å². The summed E-state index contributed by atoms with van der Waals surface area (Å²) in [6.45, 7) is 1.01. The summed E-state index contributed by atoms with van der Waals surface area (Å²) in [7, 11) is 1.51. The molecule has 1 amide bonds. The molecule has 0 aliphatic carbocycles. The van der Waals surface area contributed by atoms with Crippen molar-refractivity contribution >= 4 is 5.91 Å². The minimum atomic E-state index is -0.396. The summed E-state index contributed by atoms with van der Waals surface area (Å²) >= 11 is 0. The lowest BCUT2D eigenvalue weighted by atomic mass is 10.2. The van der Waals surface area contributed by atoms with Crippen molar-refractivity contribution in [2.24, 2.45) is 0 Å². The van der Waals surface area contributed by atoms with Crippen molar-refractivity contribution in [1.82, 2.24) is 9.88 Å². The third-order valence-corrected chi connectivity index (χ3v) is 2.64. The smallest absolute Gasteiger partial charge is 0.254 e. The van der Waals surface area contributed by atoms with Crippen molar-refractivity contribution in [3.63, 3.8) is 0 Å². The van der Waals surface area contributed by atoms with Crippen molar-refractivity contribution in [1.29, 1.82) is 0 Å². The Morgan fingerprint density at radius 2 is 2.50 bits per heavy atom. The van der Waals surface area contributed by atoms with Gasteiger partial charge in [-0.1, -0.05) is 0 Å². The molecule has 0 unspecified atom stereocenters. The van der Waals surface area contributed by atoms with E-state index in [9.17, 15) is 9.90 Å². The van der Waals surface area contributed by atoms with Gasteiger partial charge in [-0.25, -0.2) is 4.98 Å². The number of rotatable bonds is 2. The highest BCUT2D eigenvalue weighted by Gasteiger charge is 2.25. The van der Waals surface area contributed by atoms with Gasteiger partial charge >= 0.3 is 0 Å². The maximum absolute atomic E-state index is 12.0. The molecule has 0 aromatic carbocycles. The van der Waals surface area contributed by atoms with Gasteiger partial charge in [-0.3, -0.25) is 4.79 Å². The number of aliphatic hydroxyl groups excluding tert-OH is 1. The first-order chi connectivity index (χ1) is 7.70. The molecule has 1 aromatic rings. The molecule has 2 rings (SSSR count). The van der Waals surface area contributed by atoms with Crippen LogP contribution in [0.3, 0.4) is 0 Å². The molecule has 1 fully saturated rings. The summed E-state index contributed by atoms with van der Waals surface area (Å²) in [5.74, 6) is 0.336. The number of aliphatic hydroxyl groups is 1. The number of carbonyl (C=O) groups is 1. The van der Waals surface area contributed by atoms with Gasteiger partial charge in [0.1, 0.15) is 0 Å². The number of methoxy groups -OCH3 is 1. The summed E-state index contributed by atoms with van der Waals surface area (Å²) in [4.78, 5) is 17.6. The van der Waals surface area contributed by atoms with Crippen LogP contribution in [0.4, 0.5) is 0 Å². The molecular formula is C11H14N2O3. The first-order valence-corrected chi connectivity index (χ1v) is 5.18. The topological polar surface area (TPSA) is 62.7 Å². The average Bonchev–Trinajstić information content (AvgIpc) is 2.75. The molecule has 2 heterocycles. The molecular weight excluding hydrogens is 208 g/mol. The van der Waals surface area contributed by atoms with Crippen molar-refractivity contribution in [3.05, 3.63) is 23.9 Å². The number of aromatic nitrogens is 1. The van der Waals surface area contributed by atoms with Crippen LogP contribution in [-0.2, 0) is 0 Å². The van der Waals surface area contributed by atoms with Gasteiger partial charge in [0.05, 0.1) is 13.2 Å². The van der Waals surface area contributed by atoms with Gasteiger partial charge in [0, 0.05) is 30.9 Å². The number of β-amino-alcohol motifs (C(OH)–C–C–N with tert-alkyl or cyclic N) is 1. The largest absolute Gasteiger partial charge is 0.481 e. The number of carbonyl (C=O) groups excluding carboxylic acids is 1. The van der Waals surface area contributed by atoms with Gasteiger partial charge in [0.25, 0.3) is 5.91 Å². The predicted molar refractivity (Wildman–Crippen MR) is 57.3 cm³/mol. The molecule has 1 aliphatic rings. The molecule has 86 valence electrons. The quantitative estimate of drug-likeness (QED) is 0.781. The maximum Gasteiger partial charge on any atom is 0.254 e. The van der Waals surface area contributed by atoms with E-state index >= 15 is 0 Å². The normalized spacial score (nSPS) is 19.9. The van der Waals surface area contributed by atoms with Gasteiger partial charge in [0.2, 0.25) is 5.88 Å². The number of pyridine rings is 1. The Bertz CT molecular complexity index is 395. The zero-order valence-corrected chi connectivity index (χ0v) is 9.09. The Balaban J connectivity index is 2.14. The minimum Gasteiger partial charge on any atom is -0.481 e. The number of ether oxygens (including phenoxy) is 1. The maximum atomic E-state index is 12.0. The second-order valence-corrected chi connectivity index (χ2v) is 3.78. The number of amides is 1. The van der Waals surface area contributed by atoms with E-state index in [-0.39, 0.29) is 5.91 Å². The average molecular weight is 222 g/mol. The number of likely N-dealkylation sites (tertiary alicyclic amines) is 1. The molecule has 0 spiro atoms. The van der Waals surface area contributed by atoms with Crippen LogP contribution in [0.25, 0.3) is 0 Å². The molecule has 1 aliphatic heterocycles. The van der Waals surface area contributed by atoms with Gasteiger partial charge in [0.15, 0.2) is 0 Å². The lowest BCUT2D eigenvalue weighted by Crippen LogP contribution is -2.29. The molecule has 16 heavy (non-hydrogen) atoms. The van der Waals surface area contributed by atoms with Gasteiger partial charge in [-0.15, -0.1) is 0 Å². The fourth-order valence-corrected chi connectivity index (χ4v) is 1.76. The fourth-order valence-electron chi connectivity index (χ4n) is 1.76. The zero-order chi connectivity index (χ0) is 11.5. The molecule has 0 bridgehead atoms. The van der Waals surface area contributed by atoms with E-state index in [2.05, 4.69) is 4.98 Å². The van der Waals surface area contributed by atoms with Crippen molar-refractivity contribution in [2.75, 3.05) is 20.2 Å². The summed E-state index contributed by atoms with van der Waals surface area (Å²) in [6.07, 6.45) is 1.79. The van der Waals surface area contributed by atoms with E-state index in [0.29, 0.717) is 31.0 Å². The Morgan fingerprint density at radius 3 is 3.12 bits per heavy atom. The number of hydrogen-bond donors (Lipinski definition) is 1. The number of nitrogens with zero attached hydrogens (tertiary/aromatic N) is 2. The first kappa shape index (κ1) is 10.9. The highest BCUT2D eigenvalue weighted by Crippen LogP contribution is 2.15. The Hall–Kier alpha value is -1.62. The Kier molecular flexibility index (Phi) is 3.05. The Labute approximate surface area is 93.7 Å². The van der Waals surface area contributed by atoms with Crippen LogP contribution in [0.2, 0.25) is 0 Å². The lowest BCUT2D eigenvalue weighted by molar-refractivity contribution is 0.0764. The van der Waals surface area contributed by atoms with Gasteiger partial charge in [-0.2, -0.15) is 0 Å². The molecule has 1 saturated heterocycles. The third kappa shape index (κ3) is 2.14. The summed E-state index contributed by atoms with van der Waals surface area (Å²) in [5.41, 5.74) is 0.543. The van der Waals surface area contributed by atoms with Crippen molar-refractivity contribution < 1.29 is 14.6 Å². The third-order valence-electron chi connectivity index (χ3n) is 2.64. The molecule has 0 radical (unpaired) electrons. The second-order valence-electron chi connectivity index (χ2n) is 3.78. The Morgan fingerprint density at radius 1 is 1.69 bits per heavy atom. The van der Waals surface area contributed by atoms with E-state index in [4.69, 9.17) is 4.74 Å². The van der Waals surface area contributed by atoms with E-state index in [1.807, 2.05) is 0 Å². The van der Waals surface area contributed by atoms with Crippen LogP contribution in [0.5, 0.6) is 5.88 Å². The molecule has 1 aromatic heterocycles. The fraction of sp³-hybridized carbons (Fsp3) is 0.455. The van der Waals surface area contributed by atoms with Crippen LogP contribution in [0.1, 0.15) is 16.8 Å². The van der Waals surface area contributed by atoms with Crippen molar-refractivity contribution in [2.45, 2.75) is 12.5 Å². The lowest BCUT2D eigenvalue weighted by Gasteiger charge is -2.15. The van der Waals surface area contributed by atoms with Gasteiger partial charge in [-0.05, 0) is 12.5 Å². The molecule has 5 nitrogen and oxygen atoms in total. The van der Waals surface area contributed by atoms with Crippen LogP contribution in [-0.4, -0.2) is 47.2 Å².